The van der Waals surface area contributed by atoms with Crippen LogP contribution in [0.2, 0.25) is 0 Å². The van der Waals surface area contributed by atoms with Crippen molar-refractivity contribution in [2.24, 2.45) is 4.99 Å². The molecule has 0 aromatic carbocycles. The van der Waals surface area contributed by atoms with Gasteiger partial charge < -0.3 is 4.67 Å². The number of nitrogens with zero attached hydrogens (tertiary/aromatic N) is 2. The largest absolute Gasteiger partial charge is 0.346 e. The zero-order valence-electron chi connectivity index (χ0n) is 7.92. The van der Waals surface area contributed by atoms with Crippen LogP contribution in [0, 0.1) is 0 Å². The van der Waals surface area contributed by atoms with Crippen molar-refractivity contribution in [1.82, 2.24) is 4.67 Å². The van der Waals surface area contributed by atoms with Gasteiger partial charge in [-0.15, -0.1) is 0 Å². The first-order valence-corrected chi connectivity index (χ1v) is 5.69. The van der Waals surface area contributed by atoms with Crippen LogP contribution in [0.25, 0.3) is 0 Å². The molecular formula is C7H19N2P. The van der Waals surface area contributed by atoms with E-state index >= 15 is 0 Å². The molecule has 0 aliphatic heterocycles. The van der Waals surface area contributed by atoms with E-state index in [4.69, 9.17) is 0 Å². The van der Waals surface area contributed by atoms with Gasteiger partial charge in [0.2, 0.25) is 0 Å². The minimum absolute atomic E-state index is 0.0165. The molecule has 0 aliphatic rings. The van der Waals surface area contributed by atoms with Crippen molar-refractivity contribution in [2.75, 3.05) is 27.4 Å². The van der Waals surface area contributed by atoms with Gasteiger partial charge in [0, 0.05) is 14.1 Å². The summed E-state index contributed by atoms with van der Waals surface area (Å²) in [4.78, 5) is 3.87. The van der Waals surface area contributed by atoms with Gasteiger partial charge in [-0.2, -0.15) is 0 Å². The molecule has 2 nitrogen and oxygen atoms in total. The first-order valence-electron chi connectivity index (χ1n) is 3.51. The average molecular weight is 162 g/mol. The number of rotatable bonds is 2. The van der Waals surface area contributed by atoms with Crippen LogP contribution >= 0.6 is 8.07 Å². The van der Waals surface area contributed by atoms with E-state index in [2.05, 4.69) is 23.0 Å². The first-order chi connectivity index (χ1) is 4.68. The Bertz CT molecular complexity index is 81.7. The Hall–Kier alpha value is -0.100. The monoisotopic (exact) mass is 162 g/mol. The Labute approximate surface area is 66.1 Å². The maximum Gasteiger partial charge on any atom is 0.0876 e. The maximum absolute atomic E-state index is 3.87. The molecule has 0 aromatic rings. The lowest BCUT2D eigenvalue weighted by atomic mass is 11.0. The summed E-state index contributed by atoms with van der Waals surface area (Å²) in [6.45, 7) is 8.38. The summed E-state index contributed by atoms with van der Waals surface area (Å²) in [6.07, 6.45) is 1.85. The van der Waals surface area contributed by atoms with Gasteiger partial charge >= 0.3 is 0 Å². The fraction of sp³-hybridized carbons (Fsp3) is 0.857. The fourth-order valence-electron chi connectivity index (χ4n) is 0.270. The molecule has 0 aliphatic carbocycles. The highest BCUT2D eigenvalue weighted by atomic mass is 31.1. The van der Waals surface area contributed by atoms with E-state index in [1.54, 1.807) is 7.05 Å². The second kappa shape index (κ2) is 8.90. The minimum Gasteiger partial charge on any atom is -0.346 e. The zero-order valence-corrected chi connectivity index (χ0v) is 8.81. The van der Waals surface area contributed by atoms with E-state index in [1.165, 1.54) is 0 Å². The van der Waals surface area contributed by atoms with Gasteiger partial charge in [-0.1, -0.05) is 13.8 Å². The Kier molecular flexibility index (Phi) is 11.2. The molecule has 0 bridgehead atoms. The third-order valence-electron chi connectivity index (χ3n) is 0.914. The van der Waals surface area contributed by atoms with Gasteiger partial charge in [0.15, 0.2) is 0 Å². The van der Waals surface area contributed by atoms with Gasteiger partial charge in [0.05, 0.1) is 6.34 Å². The molecule has 0 radical (unpaired) electrons. The molecule has 3 heteroatoms. The van der Waals surface area contributed by atoms with E-state index in [1.807, 2.05) is 27.2 Å². The quantitative estimate of drug-likeness (QED) is 0.345. The summed E-state index contributed by atoms with van der Waals surface area (Å²) in [7, 11) is 3.84. The highest BCUT2D eigenvalue weighted by Gasteiger charge is 1.93. The molecule has 10 heavy (non-hydrogen) atoms. The summed E-state index contributed by atoms with van der Waals surface area (Å²) >= 11 is 0. The molecule has 0 heterocycles. The Morgan fingerprint density at radius 3 is 1.80 bits per heavy atom. The van der Waals surface area contributed by atoms with Crippen molar-refractivity contribution in [3.8, 4) is 0 Å². The lowest BCUT2D eigenvalue weighted by Crippen LogP contribution is -2.06. The maximum atomic E-state index is 3.87. The molecule has 0 saturated heterocycles. The fourth-order valence-corrected chi connectivity index (χ4v) is 0.580. The lowest BCUT2D eigenvalue weighted by molar-refractivity contribution is 0.846. The molecule has 62 valence electrons. The normalized spacial score (nSPS) is 9.50. The molecule has 0 unspecified atom stereocenters. The molecule has 0 atom stereocenters. The molecule has 0 rings (SSSR count). The van der Waals surface area contributed by atoms with Crippen molar-refractivity contribution in [3.63, 3.8) is 0 Å². The van der Waals surface area contributed by atoms with Gasteiger partial charge in [0.1, 0.15) is 0 Å². The van der Waals surface area contributed by atoms with Crippen LogP contribution in [0.3, 0.4) is 0 Å². The van der Waals surface area contributed by atoms with E-state index in [0.717, 1.165) is 0 Å². The Morgan fingerprint density at radius 2 is 1.70 bits per heavy atom. The van der Waals surface area contributed by atoms with Crippen molar-refractivity contribution in [2.45, 2.75) is 13.8 Å². The van der Waals surface area contributed by atoms with E-state index in [9.17, 15) is 0 Å². The molecule has 0 N–H and O–H groups in total. The van der Waals surface area contributed by atoms with Crippen molar-refractivity contribution < 1.29 is 0 Å². The summed E-state index contributed by atoms with van der Waals surface area (Å²) in [5.41, 5.74) is 0. The Morgan fingerprint density at radius 1 is 1.30 bits per heavy atom. The van der Waals surface area contributed by atoms with Crippen molar-refractivity contribution >= 4 is 14.4 Å². The average Bonchev–Trinajstić information content (AvgIpc) is 1.93. The molecule has 0 aromatic heterocycles. The van der Waals surface area contributed by atoms with Gasteiger partial charge in [-0.3, -0.25) is 4.99 Å². The standard InChI is InChI=1S/C5H13N2P.C2H6/c1-6-5-7(2)8(3)4;1-2/h5H,1-4H3;1-2H3. The van der Waals surface area contributed by atoms with Crippen LogP contribution in [-0.2, 0) is 0 Å². The van der Waals surface area contributed by atoms with Crippen LogP contribution in [0.5, 0.6) is 0 Å². The van der Waals surface area contributed by atoms with E-state index in [0.29, 0.717) is 0 Å². The SMILES string of the molecule is CC.CN=CN(C)P(C)C. The summed E-state index contributed by atoms with van der Waals surface area (Å²) < 4.78 is 2.12. The third kappa shape index (κ3) is 7.90. The number of hydrogen-bond acceptors (Lipinski definition) is 1. The van der Waals surface area contributed by atoms with Crippen molar-refractivity contribution in [3.05, 3.63) is 0 Å². The molecular weight excluding hydrogens is 143 g/mol. The molecule has 0 fully saturated rings. The molecule has 0 spiro atoms. The second-order valence-electron chi connectivity index (χ2n) is 1.79. The van der Waals surface area contributed by atoms with E-state index < -0.39 is 0 Å². The highest BCUT2D eigenvalue weighted by Crippen LogP contribution is 2.26. The van der Waals surface area contributed by atoms with Gasteiger partial charge in [0.25, 0.3) is 0 Å². The summed E-state index contributed by atoms with van der Waals surface area (Å²) in [5, 5.41) is 0. The van der Waals surface area contributed by atoms with Crippen LogP contribution in [0.1, 0.15) is 13.8 Å². The lowest BCUT2D eigenvalue weighted by Gasteiger charge is -2.16. The van der Waals surface area contributed by atoms with E-state index in [-0.39, 0.29) is 8.07 Å². The van der Waals surface area contributed by atoms with Crippen LogP contribution in [-0.4, -0.2) is 38.4 Å². The van der Waals surface area contributed by atoms with Crippen LogP contribution in [0.4, 0.5) is 0 Å². The Balaban J connectivity index is 0. The zero-order chi connectivity index (χ0) is 8.57. The highest BCUT2D eigenvalue weighted by molar-refractivity contribution is 7.54. The second-order valence-corrected chi connectivity index (χ2v) is 4.12. The van der Waals surface area contributed by atoms with Gasteiger partial charge in [-0.25, -0.2) is 0 Å². The minimum atomic E-state index is 0.0165. The summed E-state index contributed by atoms with van der Waals surface area (Å²) in [6, 6.07) is 0. The third-order valence-corrected chi connectivity index (χ3v) is 2.28. The van der Waals surface area contributed by atoms with Gasteiger partial charge in [-0.05, 0) is 21.4 Å². The van der Waals surface area contributed by atoms with Crippen LogP contribution < -0.4 is 0 Å². The first kappa shape index (κ1) is 12.6. The topological polar surface area (TPSA) is 15.6 Å². The number of aliphatic imine (C=N–C) groups is 1. The summed E-state index contributed by atoms with van der Waals surface area (Å²) in [5.74, 6) is 0. The van der Waals surface area contributed by atoms with Crippen LogP contribution in [0.15, 0.2) is 4.99 Å². The predicted octanol–water partition coefficient (Wildman–Crippen LogP) is 2.26. The predicted molar refractivity (Wildman–Crippen MR) is 52.3 cm³/mol. The molecule has 0 amide bonds. The smallest absolute Gasteiger partial charge is 0.0876 e. The molecule has 0 saturated carbocycles. The number of hydrogen-bond donors (Lipinski definition) is 0. The van der Waals surface area contributed by atoms with Crippen molar-refractivity contribution in [1.29, 1.82) is 0 Å².